The minimum absolute atomic E-state index is 0.145. The van der Waals surface area contributed by atoms with Gasteiger partial charge < -0.3 is 25.4 Å². The Kier molecular flexibility index (Phi) is 8.77. The number of piperidine rings is 2. The largest absolute Gasteiger partial charge is 0.508 e. The molecule has 6 heteroatoms. The van der Waals surface area contributed by atoms with Crippen LogP contribution < -0.4 is 15.4 Å². The molecular weight excluding hydrogens is 609 g/mol. The molecule has 3 fully saturated rings. The smallest absolute Gasteiger partial charge is 0.128 e. The minimum atomic E-state index is -0.145. The van der Waals surface area contributed by atoms with Crippen molar-refractivity contribution >= 4 is 11.4 Å². The van der Waals surface area contributed by atoms with Gasteiger partial charge in [-0.3, -0.25) is 0 Å². The van der Waals surface area contributed by atoms with E-state index in [1.165, 1.54) is 66.2 Å². The minimum Gasteiger partial charge on any atom is -0.508 e. The number of methoxy groups -OCH3 is 1. The monoisotopic (exact) mass is 659 g/mol. The Balaban J connectivity index is 0.897. The molecule has 8 rings (SSSR count). The summed E-state index contributed by atoms with van der Waals surface area (Å²) in [6, 6.07) is 28.9. The highest BCUT2D eigenvalue weighted by Crippen LogP contribution is 2.54. The number of fused-ring (bicyclic) bond motifs is 1. The van der Waals surface area contributed by atoms with Gasteiger partial charge in [-0.15, -0.1) is 0 Å². The van der Waals surface area contributed by atoms with Gasteiger partial charge in [0.25, 0.3) is 0 Å². The van der Waals surface area contributed by atoms with Crippen LogP contribution in [0.4, 0.5) is 15.8 Å². The summed E-state index contributed by atoms with van der Waals surface area (Å²) in [5.74, 6) is 2.75. The maximum absolute atomic E-state index is 14.5. The Labute approximate surface area is 290 Å². The molecule has 49 heavy (non-hydrogen) atoms. The van der Waals surface area contributed by atoms with Crippen molar-refractivity contribution in [1.29, 1.82) is 0 Å². The van der Waals surface area contributed by atoms with E-state index >= 15 is 0 Å². The summed E-state index contributed by atoms with van der Waals surface area (Å²) in [5, 5.41) is 10.3. The highest BCUT2D eigenvalue weighted by Gasteiger charge is 2.46. The molecule has 2 atom stereocenters. The lowest BCUT2D eigenvalue weighted by atomic mass is 9.57. The number of hydrogen-bond donors (Lipinski definition) is 2. The van der Waals surface area contributed by atoms with Crippen molar-refractivity contribution in [3.63, 3.8) is 0 Å². The first-order valence-electron chi connectivity index (χ1n) is 18.4. The van der Waals surface area contributed by atoms with E-state index in [4.69, 9.17) is 10.5 Å². The van der Waals surface area contributed by atoms with Crippen LogP contribution in [0.3, 0.4) is 0 Å². The number of nitrogen functional groups attached to an aromatic ring is 1. The molecule has 0 bridgehead atoms. The van der Waals surface area contributed by atoms with Crippen molar-refractivity contribution in [1.82, 2.24) is 4.90 Å². The number of nitrogens with zero attached hydrogens (tertiary/aromatic N) is 2. The highest BCUT2D eigenvalue weighted by molar-refractivity contribution is 5.58. The van der Waals surface area contributed by atoms with E-state index in [0.717, 1.165) is 69.1 Å². The van der Waals surface area contributed by atoms with Crippen LogP contribution in [0.5, 0.6) is 11.5 Å². The van der Waals surface area contributed by atoms with Crippen LogP contribution in [-0.4, -0.2) is 49.8 Å². The normalized spacial score (nSPS) is 22.9. The summed E-state index contributed by atoms with van der Waals surface area (Å²) >= 11 is 0. The number of aromatic hydroxyl groups is 1. The maximum atomic E-state index is 14.5. The average molecular weight is 660 g/mol. The second-order valence-corrected chi connectivity index (χ2v) is 15.5. The fourth-order valence-corrected chi connectivity index (χ4v) is 10.0. The molecule has 1 saturated carbocycles. The van der Waals surface area contributed by atoms with Crippen LogP contribution in [-0.2, 0) is 6.42 Å². The summed E-state index contributed by atoms with van der Waals surface area (Å²) in [5.41, 5.74) is 14.0. The number of halogens is 1. The van der Waals surface area contributed by atoms with Crippen molar-refractivity contribution in [3.8, 4) is 11.5 Å². The number of hydrogen-bond acceptors (Lipinski definition) is 5. The zero-order valence-electron chi connectivity index (χ0n) is 28.8. The highest BCUT2D eigenvalue weighted by atomic mass is 19.1. The van der Waals surface area contributed by atoms with E-state index < -0.39 is 0 Å². The van der Waals surface area contributed by atoms with E-state index in [-0.39, 0.29) is 11.7 Å². The number of phenols is 1. The predicted octanol–water partition coefficient (Wildman–Crippen LogP) is 8.86. The van der Waals surface area contributed by atoms with Crippen LogP contribution in [0.15, 0.2) is 84.9 Å². The molecule has 2 unspecified atom stereocenters. The lowest BCUT2D eigenvalue weighted by molar-refractivity contribution is 0.00369. The average Bonchev–Trinajstić information content (AvgIpc) is 3.11. The van der Waals surface area contributed by atoms with Gasteiger partial charge in [-0.05, 0) is 140 Å². The third-order valence-electron chi connectivity index (χ3n) is 12.6. The zero-order chi connectivity index (χ0) is 33.5. The van der Waals surface area contributed by atoms with Crippen LogP contribution in [0, 0.1) is 17.2 Å². The quantitative estimate of drug-likeness (QED) is 0.194. The lowest BCUT2D eigenvalue weighted by Gasteiger charge is -2.54. The van der Waals surface area contributed by atoms with Gasteiger partial charge in [0.15, 0.2) is 0 Å². The van der Waals surface area contributed by atoms with Gasteiger partial charge >= 0.3 is 0 Å². The van der Waals surface area contributed by atoms with Crippen molar-refractivity contribution in [3.05, 3.63) is 119 Å². The molecule has 3 N–H and O–H groups in total. The van der Waals surface area contributed by atoms with Gasteiger partial charge in [-0.1, -0.05) is 48.5 Å². The number of anilines is 2. The molecule has 256 valence electrons. The van der Waals surface area contributed by atoms with Gasteiger partial charge in [0.1, 0.15) is 17.3 Å². The lowest BCUT2D eigenvalue weighted by Crippen LogP contribution is -2.50. The standard InChI is InChI=1S/C43H50FN3O2/c1-49-41-25-34(9-13-39(41)42-37(30-5-3-2-4-6-30)11-7-32-23-35(48)10-14-38(32)42)47-21-17-43(18-22-47)26-29(27-43)28-46-19-15-31(16-20-46)36-12-8-33(45)24-40(36)44/h2-6,8-10,12-14,23-25,29,31,37,42,48H,7,11,15-22,26-28,45H2,1H3. The molecule has 1 spiro atoms. The van der Waals surface area contributed by atoms with Crippen molar-refractivity contribution < 1.29 is 14.2 Å². The summed E-state index contributed by atoms with van der Waals surface area (Å²) in [7, 11) is 1.80. The van der Waals surface area contributed by atoms with E-state index in [0.29, 0.717) is 28.7 Å². The summed E-state index contributed by atoms with van der Waals surface area (Å²) in [6.07, 6.45) is 9.23. The van der Waals surface area contributed by atoms with E-state index in [9.17, 15) is 9.50 Å². The molecule has 5 nitrogen and oxygen atoms in total. The summed E-state index contributed by atoms with van der Waals surface area (Å²) in [6.45, 7) is 5.49. The van der Waals surface area contributed by atoms with Crippen LogP contribution in [0.25, 0.3) is 0 Å². The first-order valence-corrected chi connectivity index (χ1v) is 18.4. The van der Waals surface area contributed by atoms with E-state index in [1.807, 2.05) is 24.3 Å². The third kappa shape index (κ3) is 6.40. The number of likely N-dealkylation sites (tertiary alicyclic amines) is 1. The number of phenolic OH excluding ortho intramolecular Hbond substituents is 1. The number of rotatable bonds is 7. The molecule has 4 aromatic carbocycles. The summed E-state index contributed by atoms with van der Waals surface area (Å²) in [4.78, 5) is 5.19. The number of ether oxygens (including phenoxy) is 1. The molecular formula is C43H50FN3O2. The summed E-state index contributed by atoms with van der Waals surface area (Å²) < 4.78 is 20.7. The second-order valence-electron chi connectivity index (χ2n) is 15.5. The Hall–Kier alpha value is -4.03. The molecule has 2 aliphatic heterocycles. The third-order valence-corrected chi connectivity index (χ3v) is 12.6. The van der Waals surface area contributed by atoms with Gasteiger partial charge in [-0.2, -0.15) is 0 Å². The molecule has 2 saturated heterocycles. The SMILES string of the molecule is COc1cc(N2CCC3(CC2)CC(CN2CCC(c4ccc(N)cc4F)CC2)C3)ccc1C1c2ccc(O)cc2CCC1c1ccccc1. The van der Waals surface area contributed by atoms with Crippen molar-refractivity contribution in [2.45, 2.75) is 69.1 Å². The molecule has 2 aliphatic carbocycles. The predicted molar refractivity (Wildman–Crippen MR) is 196 cm³/mol. The molecule has 4 aromatic rings. The number of aryl methyl sites for hydroxylation is 1. The van der Waals surface area contributed by atoms with E-state index in [2.05, 4.69) is 64.4 Å². The van der Waals surface area contributed by atoms with Gasteiger partial charge in [0.05, 0.1) is 7.11 Å². The zero-order valence-corrected chi connectivity index (χ0v) is 28.8. The maximum Gasteiger partial charge on any atom is 0.128 e. The Morgan fingerprint density at radius 2 is 1.57 bits per heavy atom. The molecule has 0 radical (unpaired) electrons. The van der Waals surface area contributed by atoms with Crippen LogP contribution in [0.1, 0.15) is 90.5 Å². The van der Waals surface area contributed by atoms with Crippen LogP contribution in [0.2, 0.25) is 0 Å². The number of benzene rings is 4. The van der Waals surface area contributed by atoms with Gasteiger partial charge in [-0.25, -0.2) is 4.39 Å². The fraction of sp³-hybridized carbons (Fsp3) is 0.442. The van der Waals surface area contributed by atoms with Gasteiger partial charge in [0.2, 0.25) is 0 Å². The molecule has 4 aliphatic rings. The Morgan fingerprint density at radius 3 is 2.31 bits per heavy atom. The van der Waals surface area contributed by atoms with Crippen molar-refractivity contribution in [2.75, 3.05) is 50.5 Å². The molecule has 2 heterocycles. The first kappa shape index (κ1) is 32.2. The number of nitrogens with two attached hydrogens (primary N) is 1. The van der Waals surface area contributed by atoms with Crippen LogP contribution >= 0.6 is 0 Å². The molecule has 0 aromatic heterocycles. The van der Waals surface area contributed by atoms with Gasteiger partial charge in [0, 0.05) is 48.6 Å². The first-order chi connectivity index (χ1) is 23.9. The van der Waals surface area contributed by atoms with Crippen molar-refractivity contribution in [2.24, 2.45) is 11.3 Å². The Bertz CT molecular complexity index is 1770. The second kappa shape index (κ2) is 13.4. The topological polar surface area (TPSA) is 62.0 Å². The van der Waals surface area contributed by atoms with E-state index in [1.54, 1.807) is 7.11 Å². The molecule has 0 amide bonds. The fourth-order valence-electron chi connectivity index (χ4n) is 10.0. The Morgan fingerprint density at radius 1 is 0.837 bits per heavy atom.